The van der Waals surface area contributed by atoms with Gasteiger partial charge in [-0.1, -0.05) is 30.3 Å². The van der Waals surface area contributed by atoms with Crippen LogP contribution >= 0.6 is 22.9 Å². The van der Waals surface area contributed by atoms with Crippen LogP contribution in [0.3, 0.4) is 0 Å². The summed E-state index contributed by atoms with van der Waals surface area (Å²) in [4.78, 5) is 22.2. The number of pyridine rings is 1. The number of ether oxygens (including phenoxy) is 1. The Balaban J connectivity index is 1.44. The Kier molecular flexibility index (Phi) is 7.01. The van der Waals surface area contributed by atoms with E-state index in [2.05, 4.69) is 53.1 Å². The summed E-state index contributed by atoms with van der Waals surface area (Å²) in [7, 11) is 1.71. The molecule has 0 aliphatic heterocycles. The van der Waals surface area contributed by atoms with Crippen molar-refractivity contribution >= 4 is 33.9 Å². The molecule has 0 saturated carbocycles. The number of aromatic nitrogens is 5. The number of aromatic amines is 1. The second-order valence-electron chi connectivity index (χ2n) is 8.24. The molecule has 0 fully saturated rings. The number of hydrogen-bond donors (Lipinski definition) is 1. The van der Waals surface area contributed by atoms with Gasteiger partial charge in [0.15, 0.2) is 0 Å². The molecule has 8 heteroatoms. The van der Waals surface area contributed by atoms with E-state index in [4.69, 9.17) is 14.7 Å². The molecule has 0 spiro atoms. The number of aryl methyl sites for hydroxylation is 1. The van der Waals surface area contributed by atoms with Crippen LogP contribution in [0.4, 0.5) is 0 Å². The summed E-state index contributed by atoms with van der Waals surface area (Å²) in [6, 6.07) is 20.2. The quantitative estimate of drug-likeness (QED) is 0.186. The third-order valence-corrected chi connectivity index (χ3v) is 6.60. The van der Waals surface area contributed by atoms with E-state index in [0.29, 0.717) is 6.54 Å². The fourth-order valence-electron chi connectivity index (χ4n) is 4.08. The highest BCUT2D eigenvalue weighted by atomic mass is 127. The van der Waals surface area contributed by atoms with Crippen molar-refractivity contribution in [1.29, 1.82) is 0 Å². The summed E-state index contributed by atoms with van der Waals surface area (Å²) < 4.78 is 7.73. The van der Waals surface area contributed by atoms with Crippen LogP contribution in [0.2, 0.25) is 0 Å². The van der Waals surface area contributed by atoms with Gasteiger partial charge < -0.3 is 9.72 Å². The predicted octanol–water partition coefficient (Wildman–Crippen LogP) is 5.79. The van der Waals surface area contributed by atoms with Gasteiger partial charge in [0.2, 0.25) is 0 Å². The Morgan fingerprint density at radius 1 is 0.943 bits per heavy atom. The number of hydrogen-bond acceptors (Lipinski definition) is 6. The first kappa shape index (κ1) is 23.4. The molecule has 5 aromatic rings. The number of methoxy groups -OCH3 is 1. The SMILES string of the molecule is COc1ccccc1CCN(I)Cc1nc(-c2cccc(C)n2)c(-c2ccc3nccnc3c2)[nH]1. The fourth-order valence-corrected chi connectivity index (χ4v) is 4.64. The van der Waals surface area contributed by atoms with Crippen LogP contribution in [0, 0.1) is 6.92 Å². The Bertz CT molecular complexity index is 1470. The van der Waals surface area contributed by atoms with Crippen molar-refractivity contribution < 1.29 is 4.74 Å². The van der Waals surface area contributed by atoms with Gasteiger partial charge in [-0.2, -0.15) is 0 Å². The molecule has 3 heterocycles. The smallest absolute Gasteiger partial charge is 0.122 e. The Morgan fingerprint density at radius 3 is 2.60 bits per heavy atom. The molecule has 0 amide bonds. The average Bonchev–Trinajstić information content (AvgIpc) is 3.31. The Hall–Kier alpha value is -3.37. The lowest BCUT2D eigenvalue weighted by atomic mass is 10.1. The maximum atomic E-state index is 5.50. The normalized spacial score (nSPS) is 11.3. The first-order valence-corrected chi connectivity index (χ1v) is 12.3. The topological polar surface area (TPSA) is 79.8 Å². The molecule has 1 N–H and O–H groups in total. The minimum atomic E-state index is 0.669. The molecule has 35 heavy (non-hydrogen) atoms. The molecule has 0 radical (unpaired) electrons. The highest BCUT2D eigenvalue weighted by Crippen LogP contribution is 2.31. The van der Waals surface area contributed by atoms with E-state index in [-0.39, 0.29) is 0 Å². The predicted molar refractivity (Wildman–Crippen MR) is 146 cm³/mol. The third-order valence-electron chi connectivity index (χ3n) is 5.78. The van der Waals surface area contributed by atoms with Gasteiger partial charge in [-0.05, 0) is 49.2 Å². The third kappa shape index (κ3) is 5.33. The largest absolute Gasteiger partial charge is 0.496 e. The average molecular weight is 576 g/mol. The van der Waals surface area contributed by atoms with Crippen molar-refractivity contribution in [1.82, 2.24) is 28.0 Å². The van der Waals surface area contributed by atoms with Crippen molar-refractivity contribution in [2.24, 2.45) is 0 Å². The standard InChI is InChI=1S/C27H25IN6O/c1-18-6-5-8-22(31-18)27-26(20-10-11-21-23(16-20)30-14-13-29-21)32-25(33-27)17-34(28)15-12-19-7-3-4-9-24(19)35-2/h3-11,13-14,16H,12,15,17H2,1-2H3,(H,32,33). The zero-order valence-corrected chi connectivity index (χ0v) is 21.7. The zero-order chi connectivity index (χ0) is 24.2. The number of nitrogens with one attached hydrogen (secondary N) is 1. The molecule has 3 aromatic heterocycles. The van der Waals surface area contributed by atoms with Crippen LogP contribution in [0.1, 0.15) is 17.1 Å². The first-order valence-electron chi connectivity index (χ1n) is 11.4. The lowest BCUT2D eigenvalue weighted by molar-refractivity contribution is 0.406. The summed E-state index contributed by atoms with van der Waals surface area (Å²) in [5.41, 5.74) is 7.47. The molecule has 0 bridgehead atoms. The molecule has 0 aliphatic carbocycles. The van der Waals surface area contributed by atoms with Gasteiger partial charge in [0, 0.05) is 53.1 Å². The van der Waals surface area contributed by atoms with Crippen molar-refractivity contribution in [2.75, 3.05) is 13.7 Å². The van der Waals surface area contributed by atoms with E-state index in [1.165, 1.54) is 5.56 Å². The van der Waals surface area contributed by atoms with E-state index in [1.54, 1.807) is 19.5 Å². The van der Waals surface area contributed by atoms with Gasteiger partial charge in [-0.3, -0.25) is 15.0 Å². The lowest BCUT2D eigenvalue weighted by Gasteiger charge is -2.14. The molecule has 176 valence electrons. The summed E-state index contributed by atoms with van der Waals surface area (Å²) >= 11 is 2.36. The molecule has 5 rings (SSSR count). The number of benzene rings is 2. The number of fused-ring (bicyclic) bond motifs is 1. The lowest BCUT2D eigenvalue weighted by Crippen LogP contribution is -2.15. The molecule has 0 saturated heterocycles. The number of halogens is 1. The van der Waals surface area contributed by atoms with Crippen LogP contribution in [0.25, 0.3) is 33.7 Å². The van der Waals surface area contributed by atoms with Crippen molar-refractivity contribution in [3.05, 3.63) is 90.1 Å². The second-order valence-corrected chi connectivity index (χ2v) is 9.60. The zero-order valence-electron chi connectivity index (χ0n) is 19.6. The molecule has 2 aromatic carbocycles. The highest BCUT2D eigenvalue weighted by Gasteiger charge is 2.17. The molecular formula is C27H25IN6O. The van der Waals surface area contributed by atoms with Gasteiger partial charge >= 0.3 is 0 Å². The monoisotopic (exact) mass is 576 g/mol. The molecule has 0 atom stereocenters. The van der Waals surface area contributed by atoms with Crippen LogP contribution in [0.5, 0.6) is 5.75 Å². The number of nitrogens with zero attached hydrogens (tertiary/aromatic N) is 5. The number of imidazole rings is 1. The summed E-state index contributed by atoms with van der Waals surface area (Å²) in [5, 5.41) is 0. The van der Waals surface area contributed by atoms with Crippen molar-refractivity contribution in [2.45, 2.75) is 19.9 Å². The van der Waals surface area contributed by atoms with E-state index in [9.17, 15) is 0 Å². The first-order chi connectivity index (χ1) is 17.1. The molecule has 0 unspecified atom stereocenters. The molecule has 7 nitrogen and oxygen atoms in total. The van der Waals surface area contributed by atoms with Crippen LogP contribution in [-0.4, -0.2) is 41.7 Å². The number of rotatable bonds is 8. The minimum absolute atomic E-state index is 0.669. The van der Waals surface area contributed by atoms with E-state index in [0.717, 1.165) is 63.9 Å². The van der Waals surface area contributed by atoms with Crippen molar-refractivity contribution in [3.8, 4) is 28.4 Å². The summed E-state index contributed by atoms with van der Waals surface area (Å²) in [6.45, 7) is 3.52. The van der Waals surface area contributed by atoms with Gasteiger partial charge in [0.1, 0.15) is 17.3 Å². The second kappa shape index (κ2) is 10.5. The molecular weight excluding hydrogens is 551 g/mol. The summed E-state index contributed by atoms with van der Waals surface area (Å²) in [5.74, 6) is 1.80. The van der Waals surface area contributed by atoms with Crippen LogP contribution in [-0.2, 0) is 13.0 Å². The van der Waals surface area contributed by atoms with E-state index >= 15 is 0 Å². The highest BCUT2D eigenvalue weighted by molar-refractivity contribution is 14.1. The van der Waals surface area contributed by atoms with Crippen LogP contribution in [0.15, 0.2) is 73.1 Å². The Labute approximate surface area is 218 Å². The maximum absolute atomic E-state index is 5.50. The van der Waals surface area contributed by atoms with E-state index in [1.807, 2.05) is 55.5 Å². The maximum Gasteiger partial charge on any atom is 0.122 e. The number of H-pyrrole nitrogens is 1. The van der Waals surface area contributed by atoms with Crippen molar-refractivity contribution in [3.63, 3.8) is 0 Å². The Morgan fingerprint density at radius 2 is 1.77 bits per heavy atom. The van der Waals surface area contributed by atoms with Crippen LogP contribution < -0.4 is 4.74 Å². The van der Waals surface area contributed by atoms with Gasteiger partial charge in [-0.25, -0.2) is 8.10 Å². The molecule has 0 aliphatic rings. The van der Waals surface area contributed by atoms with E-state index < -0.39 is 0 Å². The van der Waals surface area contributed by atoms with Gasteiger partial charge in [0.25, 0.3) is 0 Å². The minimum Gasteiger partial charge on any atom is -0.496 e. The van der Waals surface area contributed by atoms with Gasteiger partial charge in [-0.15, -0.1) is 0 Å². The summed E-state index contributed by atoms with van der Waals surface area (Å²) in [6.07, 6.45) is 4.30. The van der Waals surface area contributed by atoms with Gasteiger partial charge in [0.05, 0.1) is 36.1 Å². The number of para-hydroxylation sites is 1. The fraction of sp³-hybridized carbons (Fsp3) is 0.185.